The lowest BCUT2D eigenvalue weighted by Gasteiger charge is -1.96. The fourth-order valence-corrected chi connectivity index (χ4v) is 0.701. The second-order valence-corrected chi connectivity index (χ2v) is 2.62. The molecule has 0 bridgehead atoms. The van der Waals surface area contributed by atoms with Crippen molar-refractivity contribution in [3.63, 3.8) is 0 Å². The number of allylic oxidation sites excluding steroid dienone is 1. The van der Waals surface area contributed by atoms with Crippen LogP contribution in [0.1, 0.15) is 20.3 Å². The Morgan fingerprint density at radius 1 is 1.73 bits per heavy atom. The van der Waals surface area contributed by atoms with Crippen molar-refractivity contribution >= 4 is 5.97 Å². The van der Waals surface area contributed by atoms with E-state index in [4.69, 9.17) is 10.4 Å². The summed E-state index contributed by atoms with van der Waals surface area (Å²) in [6, 6.07) is 1.84. The minimum atomic E-state index is -0.960. The van der Waals surface area contributed by atoms with Gasteiger partial charge in [-0.1, -0.05) is 19.9 Å². The maximum Gasteiger partial charge on any atom is 0.308 e. The van der Waals surface area contributed by atoms with Crippen LogP contribution in [0.25, 0.3) is 0 Å². The molecule has 3 nitrogen and oxygen atoms in total. The monoisotopic (exact) mass is 153 g/mol. The van der Waals surface area contributed by atoms with Gasteiger partial charge in [-0.3, -0.25) is 4.79 Å². The van der Waals surface area contributed by atoms with Gasteiger partial charge in [-0.05, 0) is 5.92 Å². The first kappa shape index (κ1) is 9.70. The molecule has 0 radical (unpaired) electrons. The molecular weight excluding hydrogens is 142 g/mol. The third kappa shape index (κ3) is 5.16. The molecular formula is C8H11NO2. The molecule has 0 aromatic carbocycles. The lowest BCUT2D eigenvalue weighted by Crippen LogP contribution is -1.97. The van der Waals surface area contributed by atoms with Gasteiger partial charge in [0.15, 0.2) is 0 Å². The highest BCUT2D eigenvalue weighted by Crippen LogP contribution is 2.04. The molecule has 0 aromatic rings. The van der Waals surface area contributed by atoms with Crippen LogP contribution in [0.3, 0.4) is 0 Å². The Kier molecular flexibility index (Phi) is 3.97. The topological polar surface area (TPSA) is 61.1 Å². The minimum absolute atomic E-state index is 0.172. The minimum Gasteiger partial charge on any atom is -0.481 e. The van der Waals surface area contributed by atoms with Gasteiger partial charge in [0.05, 0.1) is 12.5 Å². The number of nitrogens with zero attached hydrogens (tertiary/aromatic N) is 1. The van der Waals surface area contributed by atoms with Crippen LogP contribution in [0, 0.1) is 17.2 Å². The van der Waals surface area contributed by atoms with Gasteiger partial charge in [0.25, 0.3) is 0 Å². The molecule has 0 saturated heterocycles. The van der Waals surface area contributed by atoms with Crippen LogP contribution >= 0.6 is 0 Å². The Bertz CT molecular complexity index is 211. The molecule has 0 aliphatic rings. The SMILES string of the molecule is CC(C)C=C(C#N)CC(=O)O. The molecule has 3 heteroatoms. The average Bonchev–Trinajstić information content (AvgIpc) is 1.84. The summed E-state index contributed by atoms with van der Waals surface area (Å²) in [7, 11) is 0. The Morgan fingerprint density at radius 2 is 2.27 bits per heavy atom. The maximum atomic E-state index is 10.2. The van der Waals surface area contributed by atoms with Crippen molar-refractivity contribution in [1.82, 2.24) is 0 Å². The maximum absolute atomic E-state index is 10.2. The lowest BCUT2D eigenvalue weighted by molar-refractivity contribution is -0.136. The zero-order valence-electron chi connectivity index (χ0n) is 6.66. The smallest absolute Gasteiger partial charge is 0.308 e. The Balaban J connectivity index is 4.20. The van der Waals surface area contributed by atoms with Crippen LogP contribution in [0.2, 0.25) is 0 Å². The highest BCUT2D eigenvalue weighted by molar-refractivity contribution is 5.71. The molecule has 60 valence electrons. The van der Waals surface area contributed by atoms with Crippen molar-refractivity contribution in [3.05, 3.63) is 11.6 Å². The number of hydrogen-bond donors (Lipinski definition) is 1. The number of carboxylic acid groups (broad SMARTS) is 1. The largest absolute Gasteiger partial charge is 0.481 e. The molecule has 0 fully saturated rings. The van der Waals surface area contributed by atoms with E-state index in [1.807, 2.05) is 19.9 Å². The molecule has 0 aliphatic carbocycles. The summed E-state index contributed by atoms with van der Waals surface area (Å²) >= 11 is 0. The zero-order chi connectivity index (χ0) is 8.85. The predicted octanol–water partition coefficient (Wildman–Crippen LogP) is 1.57. The van der Waals surface area contributed by atoms with Crippen LogP contribution in [-0.2, 0) is 4.79 Å². The van der Waals surface area contributed by atoms with E-state index in [9.17, 15) is 4.79 Å². The van der Waals surface area contributed by atoms with E-state index < -0.39 is 5.97 Å². The molecule has 1 N–H and O–H groups in total. The van der Waals surface area contributed by atoms with Crippen molar-refractivity contribution < 1.29 is 9.90 Å². The normalized spacial score (nSPS) is 11.3. The number of nitriles is 1. The Morgan fingerprint density at radius 3 is 2.55 bits per heavy atom. The summed E-state index contributed by atoms with van der Waals surface area (Å²) in [6.07, 6.45) is 1.49. The van der Waals surface area contributed by atoms with Gasteiger partial charge in [0, 0.05) is 5.57 Å². The molecule has 0 heterocycles. The van der Waals surface area contributed by atoms with Gasteiger partial charge in [-0.25, -0.2) is 0 Å². The number of aliphatic carboxylic acids is 1. The van der Waals surface area contributed by atoms with Crippen LogP contribution in [-0.4, -0.2) is 11.1 Å². The van der Waals surface area contributed by atoms with Gasteiger partial charge >= 0.3 is 5.97 Å². The van der Waals surface area contributed by atoms with Crippen molar-refractivity contribution in [3.8, 4) is 6.07 Å². The van der Waals surface area contributed by atoms with Crippen molar-refractivity contribution in [1.29, 1.82) is 5.26 Å². The zero-order valence-corrected chi connectivity index (χ0v) is 6.66. The number of carbonyl (C=O) groups is 1. The van der Waals surface area contributed by atoms with Gasteiger partial charge in [0.2, 0.25) is 0 Å². The molecule has 0 aliphatic heterocycles. The summed E-state index contributed by atoms with van der Waals surface area (Å²) in [5.41, 5.74) is 0.326. The fourth-order valence-electron chi connectivity index (χ4n) is 0.701. The highest BCUT2D eigenvalue weighted by Gasteiger charge is 2.02. The van der Waals surface area contributed by atoms with E-state index in [1.54, 1.807) is 6.08 Å². The van der Waals surface area contributed by atoms with E-state index in [0.717, 1.165) is 0 Å². The molecule has 0 aromatic heterocycles. The van der Waals surface area contributed by atoms with Gasteiger partial charge in [-0.2, -0.15) is 5.26 Å². The lowest BCUT2D eigenvalue weighted by atomic mass is 10.1. The van der Waals surface area contributed by atoms with E-state index in [1.165, 1.54) is 0 Å². The summed E-state index contributed by atoms with van der Waals surface area (Å²) in [5.74, 6) is -0.734. The number of carboxylic acids is 1. The molecule has 0 unspecified atom stereocenters. The molecule has 0 spiro atoms. The second kappa shape index (κ2) is 4.51. The van der Waals surface area contributed by atoms with Gasteiger partial charge < -0.3 is 5.11 Å². The van der Waals surface area contributed by atoms with Gasteiger partial charge in [0.1, 0.15) is 0 Å². The fraction of sp³-hybridized carbons (Fsp3) is 0.500. The van der Waals surface area contributed by atoms with E-state index >= 15 is 0 Å². The summed E-state index contributed by atoms with van der Waals surface area (Å²) in [5, 5.41) is 16.8. The summed E-state index contributed by atoms with van der Waals surface area (Å²) in [6.45, 7) is 3.80. The average molecular weight is 153 g/mol. The third-order valence-electron chi connectivity index (χ3n) is 1.02. The van der Waals surface area contributed by atoms with E-state index in [-0.39, 0.29) is 12.3 Å². The summed E-state index contributed by atoms with van der Waals surface area (Å²) in [4.78, 5) is 10.2. The van der Waals surface area contributed by atoms with E-state index in [0.29, 0.717) is 5.57 Å². The Labute approximate surface area is 66.0 Å². The first-order valence-corrected chi connectivity index (χ1v) is 3.39. The molecule has 0 rings (SSSR count). The highest BCUT2D eigenvalue weighted by atomic mass is 16.4. The van der Waals surface area contributed by atoms with Crippen LogP contribution in [0.15, 0.2) is 11.6 Å². The Hall–Kier alpha value is -1.30. The molecule has 0 amide bonds. The van der Waals surface area contributed by atoms with Crippen molar-refractivity contribution in [2.45, 2.75) is 20.3 Å². The van der Waals surface area contributed by atoms with Crippen molar-refractivity contribution in [2.75, 3.05) is 0 Å². The van der Waals surface area contributed by atoms with Gasteiger partial charge in [-0.15, -0.1) is 0 Å². The van der Waals surface area contributed by atoms with E-state index in [2.05, 4.69) is 0 Å². The van der Waals surface area contributed by atoms with Crippen LogP contribution < -0.4 is 0 Å². The molecule has 0 saturated carbocycles. The first-order chi connectivity index (χ1) is 5.06. The quantitative estimate of drug-likeness (QED) is 0.626. The van der Waals surface area contributed by atoms with Crippen LogP contribution in [0.4, 0.5) is 0 Å². The second-order valence-electron chi connectivity index (χ2n) is 2.62. The molecule has 11 heavy (non-hydrogen) atoms. The number of hydrogen-bond acceptors (Lipinski definition) is 2. The third-order valence-corrected chi connectivity index (χ3v) is 1.02. The van der Waals surface area contributed by atoms with Crippen LogP contribution in [0.5, 0.6) is 0 Å². The summed E-state index contributed by atoms with van der Waals surface area (Å²) < 4.78 is 0. The predicted molar refractivity (Wildman–Crippen MR) is 40.8 cm³/mol. The van der Waals surface area contributed by atoms with Crippen molar-refractivity contribution in [2.24, 2.45) is 5.92 Å². The first-order valence-electron chi connectivity index (χ1n) is 3.39. The standard InChI is InChI=1S/C8H11NO2/c1-6(2)3-7(5-9)4-8(10)11/h3,6H,4H2,1-2H3,(H,10,11). The molecule has 0 atom stereocenters. The number of rotatable bonds is 3.